The minimum absolute atomic E-state index is 1.12. The van der Waals surface area contributed by atoms with Crippen molar-refractivity contribution in [2.24, 2.45) is 29.6 Å². The van der Waals surface area contributed by atoms with Crippen LogP contribution in [0.3, 0.4) is 0 Å². The Morgan fingerprint density at radius 1 is 0.609 bits per heavy atom. The van der Waals surface area contributed by atoms with Gasteiger partial charge >= 0.3 is 0 Å². The molecule has 23 heavy (non-hydrogen) atoms. The molecule has 3 saturated carbocycles. The molecule has 5 atom stereocenters. The minimum atomic E-state index is 1.12. The quantitative estimate of drug-likeness (QED) is 0.381. The summed E-state index contributed by atoms with van der Waals surface area (Å²) in [5.74, 6) is 5.74. The first-order valence-corrected chi connectivity index (χ1v) is 11.4. The van der Waals surface area contributed by atoms with E-state index in [0.29, 0.717) is 0 Å². The fourth-order valence-corrected chi connectivity index (χ4v) is 6.68. The Kier molecular flexibility index (Phi) is 7.34. The highest BCUT2D eigenvalue weighted by Crippen LogP contribution is 2.55. The molecule has 0 radical (unpaired) electrons. The molecule has 3 fully saturated rings. The summed E-state index contributed by atoms with van der Waals surface area (Å²) in [5, 5.41) is 0. The lowest BCUT2D eigenvalue weighted by Crippen LogP contribution is -2.43. The largest absolute Gasteiger partial charge is 0.0654 e. The maximum atomic E-state index is 2.32. The molecule has 134 valence electrons. The zero-order valence-corrected chi connectivity index (χ0v) is 15.9. The van der Waals surface area contributed by atoms with Crippen molar-refractivity contribution in [1.82, 2.24) is 0 Å². The molecular formula is C23H42. The Labute approximate surface area is 146 Å². The second kappa shape index (κ2) is 9.47. The molecule has 0 aromatic rings. The normalized spacial score (nSPS) is 36.7. The fourth-order valence-electron chi connectivity index (χ4n) is 6.68. The molecule has 0 nitrogen and oxygen atoms in total. The molecule has 0 heteroatoms. The van der Waals surface area contributed by atoms with Gasteiger partial charge in [0.15, 0.2) is 0 Å². The summed E-state index contributed by atoms with van der Waals surface area (Å²) in [6, 6.07) is 0. The van der Waals surface area contributed by atoms with Crippen molar-refractivity contribution < 1.29 is 0 Å². The number of hydrogen-bond donors (Lipinski definition) is 0. The predicted octanol–water partition coefficient (Wildman–Crippen LogP) is 7.76. The molecule has 3 aliphatic rings. The van der Waals surface area contributed by atoms with Crippen molar-refractivity contribution in [2.75, 3.05) is 0 Å². The van der Waals surface area contributed by atoms with Crippen molar-refractivity contribution >= 4 is 0 Å². The average molecular weight is 319 g/mol. The second-order valence-corrected chi connectivity index (χ2v) is 9.22. The van der Waals surface area contributed by atoms with Crippen molar-refractivity contribution in [2.45, 2.75) is 116 Å². The first-order chi connectivity index (χ1) is 11.4. The van der Waals surface area contributed by atoms with Crippen LogP contribution in [0.5, 0.6) is 0 Å². The first kappa shape index (κ1) is 17.8. The highest BCUT2D eigenvalue weighted by molar-refractivity contribution is 4.95. The monoisotopic (exact) mass is 318 g/mol. The fraction of sp³-hybridized carbons (Fsp3) is 1.00. The van der Waals surface area contributed by atoms with Gasteiger partial charge in [0, 0.05) is 0 Å². The molecule has 0 bridgehead atoms. The van der Waals surface area contributed by atoms with Gasteiger partial charge in [-0.3, -0.25) is 0 Å². The third-order valence-corrected chi connectivity index (χ3v) is 7.79. The van der Waals surface area contributed by atoms with Crippen molar-refractivity contribution in [3.8, 4) is 0 Å². The number of unbranched alkanes of at least 4 members (excludes halogenated alkanes) is 7. The number of hydrogen-bond acceptors (Lipinski definition) is 0. The molecular weight excluding hydrogens is 276 g/mol. The lowest BCUT2D eigenvalue weighted by Gasteiger charge is -2.52. The van der Waals surface area contributed by atoms with E-state index >= 15 is 0 Å². The summed E-state index contributed by atoms with van der Waals surface area (Å²) in [7, 11) is 0. The SMILES string of the molecule is CCCCCCCCCCC1CCC2CCCC3CCCC1C32. The van der Waals surface area contributed by atoms with E-state index in [2.05, 4.69) is 6.92 Å². The van der Waals surface area contributed by atoms with E-state index in [1.54, 1.807) is 57.8 Å². The third-order valence-electron chi connectivity index (χ3n) is 7.79. The second-order valence-electron chi connectivity index (χ2n) is 9.22. The molecule has 3 aliphatic carbocycles. The highest BCUT2D eigenvalue weighted by Gasteiger charge is 2.45. The molecule has 0 aromatic carbocycles. The zero-order valence-electron chi connectivity index (χ0n) is 15.9. The van der Waals surface area contributed by atoms with Gasteiger partial charge < -0.3 is 0 Å². The summed E-state index contributed by atoms with van der Waals surface area (Å²) in [4.78, 5) is 0. The van der Waals surface area contributed by atoms with E-state index in [0.717, 1.165) is 23.7 Å². The van der Waals surface area contributed by atoms with Crippen LogP contribution in [-0.4, -0.2) is 0 Å². The van der Waals surface area contributed by atoms with Crippen molar-refractivity contribution in [3.63, 3.8) is 0 Å². The Hall–Kier alpha value is 0. The van der Waals surface area contributed by atoms with Gasteiger partial charge in [-0.25, -0.2) is 0 Å². The van der Waals surface area contributed by atoms with Gasteiger partial charge in [-0.15, -0.1) is 0 Å². The lowest BCUT2D eigenvalue weighted by atomic mass is 9.53. The van der Waals surface area contributed by atoms with Crippen LogP contribution < -0.4 is 0 Å². The van der Waals surface area contributed by atoms with Crippen LogP contribution in [0.4, 0.5) is 0 Å². The van der Waals surface area contributed by atoms with Gasteiger partial charge in [-0.1, -0.05) is 96.8 Å². The molecule has 0 aromatic heterocycles. The highest BCUT2D eigenvalue weighted by atomic mass is 14.5. The van der Waals surface area contributed by atoms with E-state index in [9.17, 15) is 0 Å². The number of rotatable bonds is 9. The van der Waals surface area contributed by atoms with Gasteiger partial charge in [0.05, 0.1) is 0 Å². The Bertz CT molecular complexity index is 311. The smallest absolute Gasteiger partial charge is 0.0326 e. The molecule has 0 N–H and O–H groups in total. The molecule has 3 rings (SSSR count). The van der Waals surface area contributed by atoms with Gasteiger partial charge in [0.2, 0.25) is 0 Å². The molecule has 0 heterocycles. The van der Waals surface area contributed by atoms with Crippen molar-refractivity contribution in [1.29, 1.82) is 0 Å². The van der Waals surface area contributed by atoms with Crippen LogP contribution in [0.2, 0.25) is 0 Å². The van der Waals surface area contributed by atoms with Crippen molar-refractivity contribution in [3.05, 3.63) is 0 Å². The van der Waals surface area contributed by atoms with E-state index in [-0.39, 0.29) is 0 Å². The van der Waals surface area contributed by atoms with Gasteiger partial charge in [-0.2, -0.15) is 0 Å². The van der Waals surface area contributed by atoms with E-state index in [1.807, 2.05) is 0 Å². The Morgan fingerprint density at radius 3 is 1.96 bits per heavy atom. The van der Waals surface area contributed by atoms with Crippen LogP contribution in [-0.2, 0) is 0 Å². The maximum Gasteiger partial charge on any atom is -0.0326 e. The summed E-state index contributed by atoms with van der Waals surface area (Å²) >= 11 is 0. The standard InChI is InChI=1S/C23H42/c1-2-3-4-5-6-7-8-9-12-19-17-18-21-14-10-13-20-15-11-16-22(19)23(20)21/h19-23H,2-18H2,1H3. The third kappa shape index (κ3) is 4.76. The lowest BCUT2D eigenvalue weighted by molar-refractivity contribution is -0.0255. The topological polar surface area (TPSA) is 0 Å². The molecule has 0 aliphatic heterocycles. The molecule has 0 amide bonds. The van der Waals surface area contributed by atoms with Crippen LogP contribution >= 0.6 is 0 Å². The van der Waals surface area contributed by atoms with E-state index in [4.69, 9.17) is 0 Å². The molecule has 0 saturated heterocycles. The molecule has 5 unspecified atom stereocenters. The van der Waals surface area contributed by atoms with Crippen LogP contribution in [0.25, 0.3) is 0 Å². The van der Waals surface area contributed by atoms with Crippen LogP contribution in [0.1, 0.15) is 116 Å². The summed E-state index contributed by atoms with van der Waals surface area (Å²) < 4.78 is 0. The summed E-state index contributed by atoms with van der Waals surface area (Å²) in [6.45, 7) is 2.32. The van der Waals surface area contributed by atoms with Crippen LogP contribution in [0, 0.1) is 29.6 Å². The van der Waals surface area contributed by atoms with E-state index < -0.39 is 0 Å². The van der Waals surface area contributed by atoms with Crippen LogP contribution in [0.15, 0.2) is 0 Å². The Balaban J connectivity index is 1.35. The van der Waals surface area contributed by atoms with Gasteiger partial charge in [-0.05, 0) is 48.9 Å². The van der Waals surface area contributed by atoms with Gasteiger partial charge in [0.1, 0.15) is 0 Å². The van der Waals surface area contributed by atoms with Gasteiger partial charge in [0.25, 0.3) is 0 Å². The summed E-state index contributed by atoms with van der Waals surface area (Å²) in [5.41, 5.74) is 0. The zero-order chi connectivity index (χ0) is 15.9. The Morgan fingerprint density at radius 2 is 1.22 bits per heavy atom. The average Bonchev–Trinajstić information content (AvgIpc) is 2.59. The maximum absolute atomic E-state index is 2.32. The summed E-state index contributed by atoms with van der Waals surface area (Å²) in [6.07, 6.45) is 26.1. The minimum Gasteiger partial charge on any atom is -0.0654 e. The first-order valence-electron chi connectivity index (χ1n) is 11.4. The predicted molar refractivity (Wildman–Crippen MR) is 102 cm³/mol. The van der Waals surface area contributed by atoms with E-state index in [1.165, 1.54) is 57.3 Å². The molecule has 0 spiro atoms.